The van der Waals surface area contributed by atoms with Crippen LogP contribution in [0.15, 0.2) is 18.2 Å². The van der Waals surface area contributed by atoms with Gasteiger partial charge in [0.25, 0.3) is 0 Å². The number of likely N-dealkylation sites (tertiary alicyclic amines) is 1. The van der Waals surface area contributed by atoms with Crippen LogP contribution in [0.25, 0.3) is 0 Å². The van der Waals surface area contributed by atoms with E-state index in [1.807, 2.05) is 4.57 Å². The molecule has 0 radical (unpaired) electrons. The van der Waals surface area contributed by atoms with Gasteiger partial charge in [0, 0.05) is 42.5 Å². The van der Waals surface area contributed by atoms with Crippen molar-refractivity contribution in [3.8, 4) is 0 Å². The van der Waals surface area contributed by atoms with Crippen LogP contribution in [0.5, 0.6) is 0 Å². The lowest BCUT2D eigenvalue weighted by molar-refractivity contribution is -0.136. The van der Waals surface area contributed by atoms with Crippen LogP contribution in [-0.4, -0.2) is 51.8 Å². The molecule has 206 valence electrons. The van der Waals surface area contributed by atoms with Crippen molar-refractivity contribution in [2.45, 2.75) is 83.7 Å². The van der Waals surface area contributed by atoms with Crippen LogP contribution < -0.4 is 4.90 Å². The quantitative estimate of drug-likeness (QED) is 0.464. The van der Waals surface area contributed by atoms with Gasteiger partial charge in [0.15, 0.2) is 0 Å². The molecule has 7 nitrogen and oxygen atoms in total. The van der Waals surface area contributed by atoms with Gasteiger partial charge in [0.2, 0.25) is 5.91 Å². The minimum absolute atomic E-state index is 0.0497. The average molecular weight is 553 g/mol. The molecule has 0 saturated carbocycles. The molecule has 1 aromatic heterocycles. The van der Waals surface area contributed by atoms with Gasteiger partial charge < -0.3 is 19.1 Å². The molecule has 1 unspecified atom stereocenters. The number of aromatic nitrogens is 2. The Balaban J connectivity index is 1.44. The van der Waals surface area contributed by atoms with E-state index in [9.17, 15) is 22.8 Å². The lowest BCUT2D eigenvalue weighted by atomic mass is 9.75. The van der Waals surface area contributed by atoms with Crippen molar-refractivity contribution in [3.05, 3.63) is 46.0 Å². The van der Waals surface area contributed by atoms with E-state index in [2.05, 4.69) is 6.92 Å². The fourth-order valence-corrected chi connectivity index (χ4v) is 6.07. The number of hydrogen-bond donors (Lipinski definition) is 0. The third-order valence-electron chi connectivity index (χ3n) is 7.73. The smallest absolute Gasteiger partial charge is 0.410 e. The summed E-state index contributed by atoms with van der Waals surface area (Å²) < 4.78 is 45.9. The molecular formula is C27H32ClF3N4O3. The van der Waals surface area contributed by atoms with Crippen LogP contribution in [0.4, 0.5) is 23.7 Å². The molecule has 2 aromatic rings. The Hall–Kier alpha value is -2.75. The van der Waals surface area contributed by atoms with Crippen LogP contribution in [0.1, 0.15) is 62.8 Å². The molecule has 38 heavy (non-hydrogen) atoms. The number of carbonyl (C=O) groups is 2. The summed E-state index contributed by atoms with van der Waals surface area (Å²) >= 11 is 6.31. The zero-order valence-electron chi connectivity index (χ0n) is 21.8. The second-order valence-corrected chi connectivity index (χ2v) is 11.5. The summed E-state index contributed by atoms with van der Waals surface area (Å²) in [5.74, 6) is 0.868. The first-order valence-electron chi connectivity index (χ1n) is 13.1. The monoisotopic (exact) mass is 552 g/mol. The third-order valence-corrected chi connectivity index (χ3v) is 7.96. The Kier molecular flexibility index (Phi) is 6.90. The summed E-state index contributed by atoms with van der Waals surface area (Å²) in [6.45, 7) is 6.36. The van der Waals surface area contributed by atoms with Crippen molar-refractivity contribution in [2.75, 3.05) is 18.0 Å². The number of rotatable bonds is 6. The highest BCUT2D eigenvalue weighted by Gasteiger charge is 2.60. The van der Waals surface area contributed by atoms with E-state index in [4.69, 9.17) is 21.3 Å². The lowest BCUT2D eigenvalue weighted by Crippen LogP contribution is -2.65. The number of benzene rings is 1. The van der Waals surface area contributed by atoms with Crippen LogP contribution in [-0.2, 0) is 40.9 Å². The van der Waals surface area contributed by atoms with Crippen molar-refractivity contribution in [1.29, 1.82) is 0 Å². The Morgan fingerprint density at radius 1 is 1.29 bits per heavy atom. The topological polar surface area (TPSA) is 67.7 Å². The van der Waals surface area contributed by atoms with E-state index < -0.39 is 24.1 Å². The van der Waals surface area contributed by atoms with Gasteiger partial charge in [-0.15, -0.1) is 0 Å². The molecule has 0 N–H and O–H groups in total. The Morgan fingerprint density at radius 2 is 2.03 bits per heavy atom. The van der Waals surface area contributed by atoms with Crippen molar-refractivity contribution < 1.29 is 27.5 Å². The van der Waals surface area contributed by atoms with Gasteiger partial charge in [-0.3, -0.25) is 4.79 Å². The second-order valence-electron chi connectivity index (χ2n) is 11.1. The molecule has 1 aromatic carbocycles. The molecule has 3 heterocycles. The minimum atomic E-state index is -4.22. The van der Waals surface area contributed by atoms with Crippen LogP contribution in [0.3, 0.4) is 0 Å². The molecule has 1 saturated heterocycles. The first-order valence-corrected chi connectivity index (χ1v) is 13.5. The van der Waals surface area contributed by atoms with Gasteiger partial charge in [0.05, 0.1) is 18.3 Å². The molecule has 3 aliphatic rings. The van der Waals surface area contributed by atoms with Gasteiger partial charge in [-0.1, -0.05) is 18.5 Å². The van der Waals surface area contributed by atoms with Crippen molar-refractivity contribution in [1.82, 2.24) is 14.5 Å². The van der Waals surface area contributed by atoms with E-state index in [1.165, 1.54) is 4.90 Å². The molecule has 1 atom stereocenters. The highest BCUT2D eigenvalue weighted by Crippen LogP contribution is 2.49. The molecule has 2 amide bonds. The standard InChI is InChI=1S/C27H32ClF3N4O3/c1-16(2)38-25(37)33-14-26(15-33)19-12-18(28)6-8-21(19)35(24(26)36)13-23-32-20-11-17(3)5-7-22(20)34(23)10-4-9-27(29,30)31/h6,8,12,16-17H,4-5,7,9-11,13-15H2,1-3H3. The van der Waals surface area contributed by atoms with Crippen LogP contribution in [0, 0.1) is 5.92 Å². The first kappa shape index (κ1) is 26.8. The number of alkyl halides is 3. The second kappa shape index (κ2) is 9.77. The maximum Gasteiger partial charge on any atom is 0.410 e. The number of imidazole rings is 1. The Bertz CT molecular complexity index is 1250. The number of carbonyl (C=O) groups excluding carboxylic acids is 2. The maximum atomic E-state index is 13.9. The molecular weight excluding hydrogens is 521 g/mol. The number of amides is 2. The summed E-state index contributed by atoms with van der Waals surface area (Å²) in [5, 5.41) is 0.485. The Morgan fingerprint density at radius 3 is 2.71 bits per heavy atom. The normalized spacial score (nSPS) is 20.1. The molecule has 1 aliphatic carbocycles. The molecule has 5 rings (SSSR count). The largest absolute Gasteiger partial charge is 0.447 e. The molecule has 11 heteroatoms. The third kappa shape index (κ3) is 4.87. The van der Waals surface area contributed by atoms with E-state index in [0.29, 0.717) is 22.5 Å². The summed E-state index contributed by atoms with van der Waals surface area (Å²) in [6.07, 6.45) is -3.41. The van der Waals surface area contributed by atoms with E-state index in [1.54, 1.807) is 36.9 Å². The lowest BCUT2D eigenvalue weighted by Gasteiger charge is -2.46. The van der Waals surface area contributed by atoms with E-state index in [0.717, 1.165) is 36.2 Å². The van der Waals surface area contributed by atoms with E-state index in [-0.39, 0.29) is 44.6 Å². The van der Waals surface area contributed by atoms with Crippen molar-refractivity contribution in [3.63, 3.8) is 0 Å². The average Bonchev–Trinajstić information content (AvgIpc) is 3.23. The first-order chi connectivity index (χ1) is 17.9. The summed E-state index contributed by atoms with van der Waals surface area (Å²) in [4.78, 5) is 34.4. The number of anilines is 1. The van der Waals surface area contributed by atoms with Gasteiger partial charge in [-0.25, -0.2) is 9.78 Å². The number of hydrogen-bond acceptors (Lipinski definition) is 4. The fourth-order valence-electron chi connectivity index (χ4n) is 5.90. The molecule has 1 fully saturated rings. The summed E-state index contributed by atoms with van der Waals surface area (Å²) in [6, 6.07) is 5.27. The van der Waals surface area contributed by atoms with Gasteiger partial charge in [0.1, 0.15) is 11.2 Å². The van der Waals surface area contributed by atoms with Gasteiger partial charge in [-0.2, -0.15) is 13.2 Å². The number of halogens is 4. The fraction of sp³-hybridized carbons (Fsp3) is 0.593. The Labute approximate surface area is 224 Å². The zero-order valence-corrected chi connectivity index (χ0v) is 22.5. The zero-order chi connectivity index (χ0) is 27.4. The number of fused-ring (bicyclic) bond motifs is 3. The van der Waals surface area contributed by atoms with Crippen LogP contribution >= 0.6 is 11.6 Å². The number of ether oxygens (including phenoxy) is 1. The molecule has 0 bridgehead atoms. The summed E-state index contributed by atoms with van der Waals surface area (Å²) in [7, 11) is 0. The number of nitrogens with zero attached hydrogens (tertiary/aromatic N) is 4. The van der Waals surface area contributed by atoms with E-state index >= 15 is 0 Å². The SMILES string of the molecule is CC1CCc2c(nc(CN3C(=O)C4(CN(C(=O)OC(C)C)C4)c4cc(Cl)ccc43)n2CCCC(F)(F)F)C1. The maximum absolute atomic E-state index is 13.9. The summed E-state index contributed by atoms with van der Waals surface area (Å²) in [5.41, 5.74) is 2.39. The van der Waals surface area contributed by atoms with Crippen molar-refractivity contribution >= 4 is 29.3 Å². The molecule has 2 aliphatic heterocycles. The van der Waals surface area contributed by atoms with Crippen molar-refractivity contribution in [2.24, 2.45) is 5.92 Å². The molecule has 1 spiro atoms. The van der Waals surface area contributed by atoms with Crippen LogP contribution in [0.2, 0.25) is 5.02 Å². The predicted octanol–water partition coefficient (Wildman–Crippen LogP) is 5.65. The van der Waals surface area contributed by atoms with Gasteiger partial charge in [-0.05, 0) is 69.2 Å². The predicted molar refractivity (Wildman–Crippen MR) is 136 cm³/mol. The van der Waals surface area contributed by atoms with Gasteiger partial charge >= 0.3 is 12.3 Å². The highest BCUT2D eigenvalue weighted by atomic mass is 35.5. The highest BCUT2D eigenvalue weighted by molar-refractivity contribution is 6.31. The minimum Gasteiger partial charge on any atom is -0.447 e.